The van der Waals surface area contributed by atoms with Gasteiger partial charge in [-0.05, 0) is 33.3 Å². The predicted molar refractivity (Wildman–Crippen MR) is 53.2 cm³/mol. The Morgan fingerprint density at radius 3 is 2.31 bits per heavy atom. The second-order valence-electron chi connectivity index (χ2n) is 5.12. The molecule has 1 N–H and O–H groups in total. The summed E-state index contributed by atoms with van der Waals surface area (Å²) in [5.74, 6) is -4.33. The maximum absolute atomic E-state index is 14.0. The topological polar surface area (TPSA) is 38.7 Å². The maximum Gasteiger partial charge on any atom is 0.300 e. The van der Waals surface area contributed by atoms with Gasteiger partial charge in [0.05, 0.1) is 6.61 Å². The molecule has 0 aromatic rings. The third-order valence-corrected chi connectivity index (χ3v) is 3.29. The SMILES string of the molecule is CC1(C)OC[C@]2(O1)C(F)(F)C=CC[C@@]2(C)O. The molecule has 0 aromatic heterocycles. The van der Waals surface area contributed by atoms with Gasteiger partial charge in [-0.25, -0.2) is 0 Å². The molecule has 2 rings (SSSR count). The van der Waals surface area contributed by atoms with Crippen LogP contribution in [0.25, 0.3) is 0 Å². The van der Waals surface area contributed by atoms with Crippen molar-refractivity contribution < 1.29 is 23.4 Å². The second kappa shape index (κ2) is 3.03. The largest absolute Gasteiger partial charge is 0.386 e. The van der Waals surface area contributed by atoms with E-state index >= 15 is 0 Å². The third kappa shape index (κ3) is 1.42. The van der Waals surface area contributed by atoms with Crippen molar-refractivity contribution in [2.75, 3.05) is 6.61 Å². The molecule has 2 atom stereocenters. The summed E-state index contributed by atoms with van der Waals surface area (Å²) in [4.78, 5) is 0. The van der Waals surface area contributed by atoms with E-state index in [9.17, 15) is 13.9 Å². The Morgan fingerprint density at radius 1 is 1.25 bits per heavy atom. The van der Waals surface area contributed by atoms with E-state index < -0.39 is 22.9 Å². The van der Waals surface area contributed by atoms with Crippen LogP contribution in [-0.2, 0) is 9.47 Å². The first kappa shape index (κ1) is 12.0. The first-order valence-electron chi connectivity index (χ1n) is 5.24. The normalized spacial score (nSPS) is 45.1. The fraction of sp³-hybridized carbons (Fsp3) is 0.818. The van der Waals surface area contributed by atoms with Gasteiger partial charge >= 0.3 is 0 Å². The van der Waals surface area contributed by atoms with Crippen molar-refractivity contribution in [2.45, 2.75) is 50.1 Å². The standard InChI is InChI=1S/C11H16F2O3/c1-8(2)15-7-10(16-8)9(3,14)5-4-6-11(10,12)13/h4,6,14H,5,7H2,1-3H3/t9-,10-/m1/s1. The Kier molecular flexibility index (Phi) is 2.26. The molecule has 1 aliphatic heterocycles. The summed E-state index contributed by atoms with van der Waals surface area (Å²) in [6.45, 7) is 4.16. The van der Waals surface area contributed by atoms with Crippen molar-refractivity contribution >= 4 is 0 Å². The van der Waals surface area contributed by atoms with Crippen molar-refractivity contribution in [3.05, 3.63) is 12.2 Å². The summed E-state index contributed by atoms with van der Waals surface area (Å²) >= 11 is 0. The Labute approximate surface area is 93.0 Å². The Hall–Kier alpha value is -0.520. The molecule has 1 heterocycles. The molecule has 2 aliphatic rings. The van der Waals surface area contributed by atoms with Gasteiger partial charge in [0.1, 0.15) is 5.60 Å². The number of aliphatic hydroxyl groups is 1. The van der Waals surface area contributed by atoms with Crippen LogP contribution in [0.4, 0.5) is 8.78 Å². The fourth-order valence-electron chi connectivity index (χ4n) is 2.28. The van der Waals surface area contributed by atoms with Crippen LogP contribution >= 0.6 is 0 Å². The third-order valence-electron chi connectivity index (χ3n) is 3.29. The van der Waals surface area contributed by atoms with Crippen molar-refractivity contribution in [2.24, 2.45) is 0 Å². The zero-order valence-corrected chi connectivity index (χ0v) is 9.59. The minimum Gasteiger partial charge on any atom is -0.386 e. The van der Waals surface area contributed by atoms with Gasteiger partial charge in [-0.3, -0.25) is 0 Å². The van der Waals surface area contributed by atoms with Crippen LogP contribution < -0.4 is 0 Å². The van der Waals surface area contributed by atoms with E-state index in [0.717, 1.165) is 6.08 Å². The summed E-state index contributed by atoms with van der Waals surface area (Å²) in [6, 6.07) is 0. The van der Waals surface area contributed by atoms with Crippen LogP contribution in [0, 0.1) is 0 Å². The van der Waals surface area contributed by atoms with Gasteiger partial charge in [0.25, 0.3) is 5.92 Å². The zero-order chi connectivity index (χ0) is 12.2. The molecule has 92 valence electrons. The number of hydrogen-bond acceptors (Lipinski definition) is 3. The summed E-state index contributed by atoms with van der Waals surface area (Å²) in [7, 11) is 0. The minimum atomic E-state index is -3.23. The molecule has 0 amide bonds. The average Bonchev–Trinajstić information content (AvgIpc) is 2.41. The molecule has 1 fully saturated rings. The molecule has 0 radical (unpaired) electrons. The van der Waals surface area contributed by atoms with Crippen LogP contribution in [0.5, 0.6) is 0 Å². The van der Waals surface area contributed by atoms with Crippen molar-refractivity contribution in [3.8, 4) is 0 Å². The molecule has 0 aromatic carbocycles. The van der Waals surface area contributed by atoms with Crippen LogP contribution in [0.2, 0.25) is 0 Å². The van der Waals surface area contributed by atoms with E-state index in [0.29, 0.717) is 0 Å². The molecule has 5 heteroatoms. The average molecular weight is 234 g/mol. The van der Waals surface area contributed by atoms with Gasteiger partial charge in [0.15, 0.2) is 11.4 Å². The molecule has 1 saturated heterocycles. The number of alkyl halides is 2. The lowest BCUT2D eigenvalue weighted by Gasteiger charge is -2.46. The maximum atomic E-state index is 14.0. The molecule has 0 unspecified atom stereocenters. The summed E-state index contributed by atoms with van der Waals surface area (Å²) in [5, 5.41) is 10.2. The summed E-state index contributed by atoms with van der Waals surface area (Å²) in [5.41, 5.74) is -3.63. The lowest BCUT2D eigenvalue weighted by molar-refractivity contribution is -0.276. The van der Waals surface area contributed by atoms with Crippen molar-refractivity contribution in [3.63, 3.8) is 0 Å². The lowest BCUT2D eigenvalue weighted by Crippen LogP contribution is -2.66. The van der Waals surface area contributed by atoms with E-state index in [1.165, 1.54) is 13.0 Å². The van der Waals surface area contributed by atoms with Crippen LogP contribution in [-0.4, -0.2) is 34.6 Å². The van der Waals surface area contributed by atoms with Crippen LogP contribution in [0.15, 0.2) is 12.2 Å². The highest BCUT2D eigenvalue weighted by molar-refractivity contribution is 5.23. The van der Waals surface area contributed by atoms with Crippen LogP contribution in [0.1, 0.15) is 27.2 Å². The number of hydrogen-bond donors (Lipinski definition) is 1. The van der Waals surface area contributed by atoms with Crippen molar-refractivity contribution in [1.82, 2.24) is 0 Å². The Bertz CT molecular complexity index is 336. The molecule has 16 heavy (non-hydrogen) atoms. The Morgan fingerprint density at radius 2 is 1.88 bits per heavy atom. The smallest absolute Gasteiger partial charge is 0.300 e. The first-order valence-corrected chi connectivity index (χ1v) is 5.24. The molecule has 1 aliphatic carbocycles. The van der Waals surface area contributed by atoms with E-state index in [1.807, 2.05) is 0 Å². The minimum absolute atomic E-state index is 0.127. The highest BCUT2D eigenvalue weighted by Gasteiger charge is 2.69. The van der Waals surface area contributed by atoms with E-state index in [-0.39, 0.29) is 13.0 Å². The predicted octanol–water partition coefficient (Wildman–Crippen LogP) is 1.85. The lowest BCUT2D eigenvalue weighted by atomic mass is 9.74. The first-order chi connectivity index (χ1) is 7.12. The number of rotatable bonds is 0. The molecule has 1 spiro atoms. The zero-order valence-electron chi connectivity index (χ0n) is 9.59. The number of ether oxygens (including phenoxy) is 2. The molecular weight excluding hydrogens is 218 g/mol. The molecular formula is C11H16F2O3. The summed E-state index contributed by atoms with van der Waals surface area (Å²) in [6.07, 6.45) is 2.19. The van der Waals surface area contributed by atoms with Crippen LogP contribution in [0.3, 0.4) is 0 Å². The molecule has 3 nitrogen and oxygen atoms in total. The van der Waals surface area contributed by atoms with Gasteiger partial charge in [0.2, 0.25) is 0 Å². The molecule has 0 saturated carbocycles. The van der Waals surface area contributed by atoms with E-state index in [1.54, 1.807) is 13.8 Å². The quantitative estimate of drug-likeness (QED) is 0.650. The summed E-state index contributed by atoms with van der Waals surface area (Å²) < 4.78 is 38.4. The monoisotopic (exact) mass is 234 g/mol. The van der Waals surface area contributed by atoms with Gasteiger partial charge < -0.3 is 14.6 Å². The number of halogens is 2. The van der Waals surface area contributed by atoms with E-state index in [4.69, 9.17) is 9.47 Å². The van der Waals surface area contributed by atoms with Gasteiger partial charge in [-0.15, -0.1) is 0 Å². The van der Waals surface area contributed by atoms with Crippen molar-refractivity contribution in [1.29, 1.82) is 0 Å². The fourth-order valence-corrected chi connectivity index (χ4v) is 2.28. The highest BCUT2D eigenvalue weighted by Crippen LogP contribution is 2.52. The van der Waals surface area contributed by atoms with Gasteiger partial charge in [-0.2, -0.15) is 8.78 Å². The van der Waals surface area contributed by atoms with Gasteiger partial charge in [-0.1, -0.05) is 6.08 Å². The highest BCUT2D eigenvalue weighted by atomic mass is 19.3. The van der Waals surface area contributed by atoms with E-state index in [2.05, 4.69) is 0 Å². The second-order valence-corrected chi connectivity index (χ2v) is 5.12. The van der Waals surface area contributed by atoms with Gasteiger partial charge in [0, 0.05) is 0 Å². The molecule has 0 bridgehead atoms. The Balaban J connectivity index is 2.47.